The van der Waals surface area contributed by atoms with Gasteiger partial charge in [-0.3, -0.25) is 24.0 Å². The van der Waals surface area contributed by atoms with Gasteiger partial charge >= 0.3 is 5.69 Å². The molecule has 9 heteroatoms. The number of aromatic nitrogens is 2. The van der Waals surface area contributed by atoms with Gasteiger partial charge in [-0.05, 0) is 18.6 Å². The first-order chi connectivity index (χ1) is 13.4. The van der Waals surface area contributed by atoms with E-state index in [2.05, 4.69) is 9.88 Å². The Morgan fingerprint density at radius 3 is 2.50 bits per heavy atom. The van der Waals surface area contributed by atoms with Crippen LogP contribution < -0.4 is 21.9 Å². The molecule has 4 N–H and O–H groups in total. The molecule has 0 radical (unpaired) electrons. The second kappa shape index (κ2) is 8.30. The minimum Gasteiger partial charge on any atom is -0.506 e. The van der Waals surface area contributed by atoms with Gasteiger partial charge in [0.2, 0.25) is 0 Å². The zero-order chi connectivity index (χ0) is 20.3. The monoisotopic (exact) mass is 387 g/mol. The van der Waals surface area contributed by atoms with Crippen LogP contribution in [0.4, 0.5) is 11.5 Å². The van der Waals surface area contributed by atoms with Crippen LogP contribution in [0.2, 0.25) is 0 Å². The van der Waals surface area contributed by atoms with E-state index in [0.717, 1.165) is 5.69 Å². The van der Waals surface area contributed by atoms with Crippen molar-refractivity contribution in [2.75, 3.05) is 43.4 Å². The predicted molar refractivity (Wildman–Crippen MR) is 107 cm³/mol. The van der Waals surface area contributed by atoms with Crippen LogP contribution in [-0.2, 0) is 6.54 Å². The maximum Gasteiger partial charge on any atom is 0.329 e. The van der Waals surface area contributed by atoms with Crippen molar-refractivity contribution in [3.8, 4) is 5.75 Å². The van der Waals surface area contributed by atoms with Crippen LogP contribution in [0, 0.1) is 0 Å². The first-order valence-corrected chi connectivity index (χ1v) is 9.33. The summed E-state index contributed by atoms with van der Waals surface area (Å²) in [7, 11) is 0. The molecule has 0 aliphatic carbocycles. The molecule has 28 heavy (non-hydrogen) atoms. The first kappa shape index (κ1) is 19.7. The number of hydrogen-bond donors (Lipinski definition) is 3. The standard InChI is InChI=1S/C19H25N5O4/c1-2-7-24-17(20)16(18(27)21-19(24)28)15(26)12-22-8-10-23(11-9-22)13-5-3-4-6-14(13)25/h3-6,25H,2,7-12,20H2,1H3,(H,21,27,28). The number of carbonyl (C=O) groups is 1. The van der Waals surface area contributed by atoms with Crippen molar-refractivity contribution in [2.45, 2.75) is 19.9 Å². The molecule has 1 aromatic heterocycles. The molecule has 1 aliphatic heterocycles. The Kier molecular flexibility index (Phi) is 5.84. The summed E-state index contributed by atoms with van der Waals surface area (Å²) in [6.45, 7) is 4.76. The minimum absolute atomic E-state index is 0.0478. The summed E-state index contributed by atoms with van der Waals surface area (Å²) < 4.78 is 1.23. The number of hydrogen-bond acceptors (Lipinski definition) is 7. The molecule has 1 saturated heterocycles. The van der Waals surface area contributed by atoms with E-state index in [-0.39, 0.29) is 23.7 Å². The maximum atomic E-state index is 12.7. The zero-order valence-electron chi connectivity index (χ0n) is 15.9. The lowest BCUT2D eigenvalue weighted by Gasteiger charge is -2.35. The van der Waals surface area contributed by atoms with E-state index in [1.807, 2.05) is 24.0 Å². The number of phenolic OH excluding ortho intramolecular Hbond substituents is 1. The number of benzene rings is 1. The van der Waals surface area contributed by atoms with E-state index in [9.17, 15) is 19.5 Å². The van der Waals surface area contributed by atoms with Crippen molar-refractivity contribution in [3.05, 3.63) is 50.7 Å². The number of carbonyl (C=O) groups excluding carboxylic acids is 1. The van der Waals surface area contributed by atoms with Crippen LogP contribution in [0.15, 0.2) is 33.9 Å². The molecule has 2 aromatic rings. The van der Waals surface area contributed by atoms with Gasteiger partial charge in [0.1, 0.15) is 17.1 Å². The fraction of sp³-hybridized carbons (Fsp3) is 0.421. The number of Topliss-reactive ketones (excluding diaryl/α,β-unsaturated/α-hetero) is 1. The number of rotatable bonds is 6. The number of phenols is 1. The van der Waals surface area contributed by atoms with E-state index in [4.69, 9.17) is 5.73 Å². The topological polar surface area (TPSA) is 125 Å². The SMILES string of the molecule is CCCn1c(N)c(C(=O)CN2CCN(c3ccccc3O)CC2)c(=O)[nH]c1=O. The summed E-state index contributed by atoms with van der Waals surface area (Å²) in [5.74, 6) is -0.252. The van der Waals surface area contributed by atoms with Crippen molar-refractivity contribution >= 4 is 17.3 Å². The van der Waals surface area contributed by atoms with Crippen LogP contribution in [0.25, 0.3) is 0 Å². The third-order valence-corrected chi connectivity index (χ3v) is 4.93. The minimum atomic E-state index is -0.743. The van der Waals surface area contributed by atoms with Crippen LogP contribution >= 0.6 is 0 Å². The van der Waals surface area contributed by atoms with Crippen molar-refractivity contribution in [3.63, 3.8) is 0 Å². The second-order valence-corrected chi connectivity index (χ2v) is 6.85. The first-order valence-electron chi connectivity index (χ1n) is 9.33. The molecule has 3 rings (SSSR count). The molecule has 2 heterocycles. The lowest BCUT2D eigenvalue weighted by atomic mass is 10.1. The van der Waals surface area contributed by atoms with Crippen LogP contribution in [0.3, 0.4) is 0 Å². The molecule has 9 nitrogen and oxygen atoms in total. The fourth-order valence-corrected chi connectivity index (χ4v) is 3.46. The van der Waals surface area contributed by atoms with Crippen LogP contribution in [0.1, 0.15) is 23.7 Å². The number of aromatic amines is 1. The summed E-state index contributed by atoms with van der Waals surface area (Å²) in [5.41, 5.74) is 5.23. The molecule has 0 bridgehead atoms. The summed E-state index contributed by atoms with van der Waals surface area (Å²) in [6.07, 6.45) is 0.651. The molecular weight excluding hydrogens is 362 g/mol. The van der Waals surface area contributed by atoms with E-state index in [1.165, 1.54) is 4.57 Å². The van der Waals surface area contributed by atoms with Crippen LogP contribution in [0.5, 0.6) is 5.75 Å². The van der Waals surface area contributed by atoms with E-state index >= 15 is 0 Å². The highest BCUT2D eigenvalue weighted by molar-refractivity contribution is 6.01. The molecule has 0 unspecified atom stereocenters. The average Bonchev–Trinajstić information content (AvgIpc) is 2.66. The van der Waals surface area contributed by atoms with Crippen molar-refractivity contribution in [1.82, 2.24) is 14.5 Å². The van der Waals surface area contributed by atoms with E-state index < -0.39 is 17.0 Å². The average molecular weight is 387 g/mol. The highest BCUT2D eigenvalue weighted by Gasteiger charge is 2.24. The summed E-state index contributed by atoms with van der Waals surface area (Å²) in [4.78, 5) is 42.9. The van der Waals surface area contributed by atoms with Gasteiger partial charge in [0.25, 0.3) is 5.56 Å². The van der Waals surface area contributed by atoms with E-state index in [1.54, 1.807) is 12.1 Å². The van der Waals surface area contributed by atoms with E-state index in [0.29, 0.717) is 39.1 Å². The normalized spacial score (nSPS) is 15.0. The predicted octanol–water partition coefficient (Wildman–Crippen LogP) is 0.239. The van der Waals surface area contributed by atoms with Gasteiger partial charge in [0, 0.05) is 32.7 Å². The Labute approximate surface area is 162 Å². The Bertz CT molecular complexity index is 973. The number of para-hydroxylation sites is 2. The Morgan fingerprint density at radius 1 is 1.18 bits per heavy atom. The largest absolute Gasteiger partial charge is 0.506 e. The number of nitrogen functional groups attached to an aromatic ring is 1. The Morgan fingerprint density at radius 2 is 1.86 bits per heavy atom. The van der Waals surface area contributed by atoms with Gasteiger partial charge in [0.05, 0.1) is 12.2 Å². The molecule has 0 spiro atoms. The van der Waals surface area contributed by atoms with Crippen molar-refractivity contribution in [2.24, 2.45) is 0 Å². The van der Waals surface area contributed by atoms with Crippen LogP contribution in [-0.4, -0.2) is 58.1 Å². The van der Waals surface area contributed by atoms with Gasteiger partial charge in [-0.25, -0.2) is 4.79 Å². The highest BCUT2D eigenvalue weighted by atomic mass is 16.3. The van der Waals surface area contributed by atoms with Gasteiger partial charge in [-0.2, -0.15) is 0 Å². The molecule has 0 saturated carbocycles. The zero-order valence-corrected chi connectivity index (χ0v) is 15.9. The van der Waals surface area contributed by atoms with Gasteiger partial charge in [0.15, 0.2) is 5.78 Å². The molecule has 1 fully saturated rings. The number of nitrogens with zero attached hydrogens (tertiary/aromatic N) is 3. The summed E-state index contributed by atoms with van der Waals surface area (Å²) >= 11 is 0. The number of anilines is 2. The highest BCUT2D eigenvalue weighted by Crippen LogP contribution is 2.27. The third-order valence-electron chi connectivity index (χ3n) is 4.93. The molecular formula is C19H25N5O4. The van der Waals surface area contributed by atoms with Gasteiger partial charge in [-0.1, -0.05) is 19.1 Å². The smallest absolute Gasteiger partial charge is 0.329 e. The quantitative estimate of drug-likeness (QED) is 0.606. The number of piperazine rings is 1. The lowest BCUT2D eigenvalue weighted by molar-refractivity contribution is 0.0925. The Balaban J connectivity index is 1.70. The number of ketones is 1. The number of nitrogens with one attached hydrogen (secondary N) is 1. The lowest BCUT2D eigenvalue weighted by Crippen LogP contribution is -2.48. The molecule has 1 aromatic carbocycles. The fourth-order valence-electron chi connectivity index (χ4n) is 3.46. The number of nitrogens with two attached hydrogens (primary N) is 1. The van der Waals surface area contributed by atoms with Gasteiger partial charge in [-0.15, -0.1) is 0 Å². The van der Waals surface area contributed by atoms with Crippen molar-refractivity contribution < 1.29 is 9.90 Å². The molecule has 1 aliphatic rings. The molecule has 0 amide bonds. The Hall–Kier alpha value is -3.07. The molecule has 150 valence electrons. The molecule has 0 atom stereocenters. The van der Waals surface area contributed by atoms with Crippen molar-refractivity contribution in [1.29, 1.82) is 0 Å². The second-order valence-electron chi connectivity index (χ2n) is 6.85. The number of H-pyrrole nitrogens is 1. The number of aromatic hydroxyl groups is 1. The van der Waals surface area contributed by atoms with Gasteiger partial charge < -0.3 is 15.7 Å². The maximum absolute atomic E-state index is 12.7. The summed E-state index contributed by atoms with van der Waals surface area (Å²) in [6, 6.07) is 7.14. The third kappa shape index (κ3) is 3.94. The summed E-state index contributed by atoms with van der Waals surface area (Å²) in [5, 5.41) is 9.99.